The zero-order valence-corrected chi connectivity index (χ0v) is 13.4. The first-order valence-corrected chi connectivity index (χ1v) is 7.88. The van der Waals surface area contributed by atoms with E-state index < -0.39 is 5.60 Å². The Kier molecular flexibility index (Phi) is 5.29. The zero-order chi connectivity index (χ0) is 14.6. The zero-order valence-electron chi connectivity index (χ0n) is 11.8. The third kappa shape index (κ3) is 3.65. The average Bonchev–Trinajstić information content (AvgIpc) is 2.85. The molecule has 0 amide bonds. The summed E-state index contributed by atoms with van der Waals surface area (Å²) in [6.45, 7) is 3.23. The van der Waals surface area contributed by atoms with Gasteiger partial charge < -0.3 is 20.3 Å². The fourth-order valence-electron chi connectivity index (χ4n) is 2.53. The highest BCUT2D eigenvalue weighted by Gasteiger charge is 2.32. The van der Waals surface area contributed by atoms with Crippen LogP contribution < -0.4 is 15.2 Å². The molecule has 0 radical (unpaired) electrons. The Morgan fingerprint density at radius 3 is 2.60 bits per heavy atom. The Bertz CT molecular complexity index is 459. The number of aliphatic hydroxyl groups is 1. The average molecular weight is 344 g/mol. The van der Waals surface area contributed by atoms with E-state index in [2.05, 4.69) is 15.9 Å². The third-order valence-electron chi connectivity index (χ3n) is 3.62. The Morgan fingerprint density at radius 2 is 2.00 bits per heavy atom. The van der Waals surface area contributed by atoms with Gasteiger partial charge in [-0.2, -0.15) is 0 Å². The molecule has 2 rings (SSSR count). The predicted octanol–water partition coefficient (Wildman–Crippen LogP) is 2.99. The van der Waals surface area contributed by atoms with Crippen LogP contribution in [-0.2, 0) is 6.54 Å². The summed E-state index contributed by atoms with van der Waals surface area (Å²) < 4.78 is 12.3. The second kappa shape index (κ2) is 6.78. The summed E-state index contributed by atoms with van der Waals surface area (Å²) in [6.07, 6.45) is 3.72. The second-order valence-electron chi connectivity index (χ2n) is 5.26. The molecule has 0 bridgehead atoms. The van der Waals surface area contributed by atoms with Crippen LogP contribution in [0.1, 0.15) is 38.2 Å². The summed E-state index contributed by atoms with van der Waals surface area (Å²) in [4.78, 5) is 0. The van der Waals surface area contributed by atoms with Gasteiger partial charge in [-0.1, -0.05) is 12.8 Å². The molecule has 1 fully saturated rings. The summed E-state index contributed by atoms with van der Waals surface area (Å²) in [5.41, 5.74) is 5.95. The number of halogens is 1. The molecule has 1 aromatic rings. The molecule has 0 saturated heterocycles. The fraction of sp³-hybridized carbons (Fsp3) is 0.600. The van der Waals surface area contributed by atoms with Crippen LogP contribution in [0.4, 0.5) is 0 Å². The number of hydrogen-bond acceptors (Lipinski definition) is 4. The van der Waals surface area contributed by atoms with Crippen LogP contribution in [0.3, 0.4) is 0 Å². The largest absolute Gasteiger partial charge is 0.490 e. The SMILES string of the molecule is CCOc1cc(CN)cc(Br)c1OCC1(O)CCCC1. The molecule has 1 aromatic carbocycles. The normalized spacial score (nSPS) is 17.2. The minimum atomic E-state index is -0.699. The summed E-state index contributed by atoms with van der Waals surface area (Å²) >= 11 is 3.49. The van der Waals surface area contributed by atoms with Crippen molar-refractivity contribution in [1.82, 2.24) is 0 Å². The molecule has 3 N–H and O–H groups in total. The molecule has 0 unspecified atom stereocenters. The Balaban J connectivity index is 2.16. The van der Waals surface area contributed by atoms with Gasteiger partial charge in [0.25, 0.3) is 0 Å². The maximum Gasteiger partial charge on any atom is 0.175 e. The van der Waals surface area contributed by atoms with E-state index in [4.69, 9.17) is 15.2 Å². The summed E-state index contributed by atoms with van der Waals surface area (Å²) in [7, 11) is 0. The van der Waals surface area contributed by atoms with Gasteiger partial charge in [0.15, 0.2) is 11.5 Å². The molecule has 20 heavy (non-hydrogen) atoms. The molecule has 5 heteroatoms. The molecule has 0 aromatic heterocycles. The second-order valence-corrected chi connectivity index (χ2v) is 6.12. The monoisotopic (exact) mass is 343 g/mol. The number of hydrogen-bond donors (Lipinski definition) is 2. The predicted molar refractivity (Wildman–Crippen MR) is 82.1 cm³/mol. The van der Waals surface area contributed by atoms with Crippen molar-refractivity contribution in [2.24, 2.45) is 5.73 Å². The quantitative estimate of drug-likeness (QED) is 0.833. The minimum absolute atomic E-state index is 0.299. The lowest BCUT2D eigenvalue weighted by Crippen LogP contribution is -2.32. The summed E-state index contributed by atoms with van der Waals surface area (Å²) in [5, 5.41) is 10.4. The molecule has 4 nitrogen and oxygen atoms in total. The Labute approximate surface area is 128 Å². The smallest absolute Gasteiger partial charge is 0.175 e. The Morgan fingerprint density at radius 1 is 1.30 bits per heavy atom. The standard InChI is InChI=1S/C15H22BrNO3/c1-2-19-13-8-11(9-17)7-12(16)14(13)20-10-15(18)5-3-4-6-15/h7-8,18H,2-6,9-10,17H2,1H3. The first-order valence-electron chi connectivity index (χ1n) is 7.08. The first kappa shape index (κ1) is 15.6. The van der Waals surface area contributed by atoms with E-state index in [1.807, 2.05) is 19.1 Å². The van der Waals surface area contributed by atoms with Crippen molar-refractivity contribution in [1.29, 1.82) is 0 Å². The molecule has 1 aliphatic rings. The van der Waals surface area contributed by atoms with Crippen LogP contribution >= 0.6 is 15.9 Å². The van der Waals surface area contributed by atoms with E-state index >= 15 is 0 Å². The van der Waals surface area contributed by atoms with Gasteiger partial charge in [-0.25, -0.2) is 0 Å². The lowest BCUT2D eigenvalue weighted by atomic mass is 10.0. The van der Waals surface area contributed by atoms with E-state index in [9.17, 15) is 5.11 Å². The van der Waals surface area contributed by atoms with E-state index in [-0.39, 0.29) is 0 Å². The highest BCUT2D eigenvalue weighted by atomic mass is 79.9. The van der Waals surface area contributed by atoms with Gasteiger partial charge in [0.1, 0.15) is 6.61 Å². The molecule has 112 valence electrons. The molecule has 0 spiro atoms. The molecule has 0 atom stereocenters. The van der Waals surface area contributed by atoms with Crippen molar-refractivity contribution in [3.8, 4) is 11.5 Å². The van der Waals surface area contributed by atoms with Crippen molar-refractivity contribution >= 4 is 15.9 Å². The lowest BCUT2D eigenvalue weighted by Gasteiger charge is -2.24. The number of nitrogens with two attached hydrogens (primary N) is 1. The number of rotatable bonds is 6. The minimum Gasteiger partial charge on any atom is -0.490 e. The Hall–Kier alpha value is -0.780. The van der Waals surface area contributed by atoms with E-state index in [0.29, 0.717) is 31.3 Å². The fourth-order valence-corrected chi connectivity index (χ4v) is 3.13. The van der Waals surface area contributed by atoms with Gasteiger partial charge in [0.05, 0.1) is 16.7 Å². The van der Waals surface area contributed by atoms with E-state index in [1.165, 1.54) is 0 Å². The van der Waals surface area contributed by atoms with Crippen molar-refractivity contribution in [2.45, 2.75) is 44.8 Å². The molecule has 0 aliphatic heterocycles. The number of benzene rings is 1. The van der Waals surface area contributed by atoms with Gasteiger partial charge in [0, 0.05) is 6.54 Å². The molecule has 0 heterocycles. The van der Waals surface area contributed by atoms with Gasteiger partial charge in [-0.05, 0) is 53.4 Å². The summed E-state index contributed by atoms with van der Waals surface area (Å²) in [6, 6.07) is 3.82. The van der Waals surface area contributed by atoms with E-state index in [1.54, 1.807) is 0 Å². The molecule has 1 saturated carbocycles. The molecule has 1 aliphatic carbocycles. The summed E-state index contributed by atoms with van der Waals surface area (Å²) in [5.74, 6) is 1.31. The van der Waals surface area contributed by atoms with Crippen LogP contribution in [0.2, 0.25) is 0 Å². The van der Waals surface area contributed by atoms with E-state index in [0.717, 1.165) is 35.7 Å². The lowest BCUT2D eigenvalue weighted by molar-refractivity contribution is 0.000364. The highest BCUT2D eigenvalue weighted by Crippen LogP contribution is 2.38. The topological polar surface area (TPSA) is 64.7 Å². The molecular formula is C15H22BrNO3. The maximum atomic E-state index is 10.4. The van der Waals surface area contributed by atoms with Gasteiger partial charge in [-0.15, -0.1) is 0 Å². The maximum absolute atomic E-state index is 10.4. The first-order chi connectivity index (χ1) is 9.58. The van der Waals surface area contributed by atoms with Crippen molar-refractivity contribution < 1.29 is 14.6 Å². The van der Waals surface area contributed by atoms with Crippen molar-refractivity contribution in [3.63, 3.8) is 0 Å². The number of ether oxygens (including phenoxy) is 2. The third-order valence-corrected chi connectivity index (χ3v) is 4.21. The van der Waals surface area contributed by atoms with Crippen molar-refractivity contribution in [2.75, 3.05) is 13.2 Å². The van der Waals surface area contributed by atoms with Crippen LogP contribution in [0.25, 0.3) is 0 Å². The van der Waals surface area contributed by atoms with Gasteiger partial charge >= 0.3 is 0 Å². The van der Waals surface area contributed by atoms with Crippen LogP contribution in [0, 0.1) is 0 Å². The van der Waals surface area contributed by atoms with Crippen molar-refractivity contribution in [3.05, 3.63) is 22.2 Å². The van der Waals surface area contributed by atoms with Crippen LogP contribution in [0.15, 0.2) is 16.6 Å². The van der Waals surface area contributed by atoms with Gasteiger partial charge in [-0.3, -0.25) is 0 Å². The molecular weight excluding hydrogens is 322 g/mol. The highest BCUT2D eigenvalue weighted by molar-refractivity contribution is 9.10. The van der Waals surface area contributed by atoms with Crippen LogP contribution in [-0.4, -0.2) is 23.9 Å². The van der Waals surface area contributed by atoms with Crippen LogP contribution in [0.5, 0.6) is 11.5 Å². The van der Waals surface area contributed by atoms with Gasteiger partial charge in [0.2, 0.25) is 0 Å².